The molecule has 0 atom stereocenters. The molecule has 3 aromatic rings. The lowest BCUT2D eigenvalue weighted by atomic mass is 9.92. The van der Waals surface area contributed by atoms with E-state index in [4.69, 9.17) is 0 Å². The molecule has 2 aromatic carbocycles. The Labute approximate surface area is 124 Å². The van der Waals surface area contributed by atoms with Crippen LogP contribution in [0.4, 0.5) is 0 Å². The molecule has 21 heavy (non-hydrogen) atoms. The monoisotopic (exact) mass is 275 g/mol. The van der Waals surface area contributed by atoms with Gasteiger partial charge in [-0.25, -0.2) is 0 Å². The van der Waals surface area contributed by atoms with Crippen molar-refractivity contribution in [1.82, 2.24) is 4.98 Å². The SMILES string of the molecule is CC(=O)c1c(C)nc2ccccc2c1-c1ccc(C)cc1. The van der Waals surface area contributed by atoms with Crippen molar-refractivity contribution in [2.24, 2.45) is 0 Å². The van der Waals surface area contributed by atoms with E-state index in [-0.39, 0.29) is 5.78 Å². The number of rotatable bonds is 2. The molecule has 0 saturated carbocycles. The zero-order valence-corrected chi connectivity index (χ0v) is 12.5. The van der Waals surface area contributed by atoms with E-state index in [2.05, 4.69) is 36.2 Å². The van der Waals surface area contributed by atoms with Gasteiger partial charge in [0.2, 0.25) is 0 Å². The van der Waals surface area contributed by atoms with Gasteiger partial charge in [0.05, 0.1) is 5.52 Å². The zero-order valence-electron chi connectivity index (χ0n) is 12.5. The van der Waals surface area contributed by atoms with E-state index < -0.39 is 0 Å². The van der Waals surface area contributed by atoms with E-state index in [1.54, 1.807) is 6.92 Å². The first-order valence-corrected chi connectivity index (χ1v) is 7.05. The Morgan fingerprint density at radius 2 is 1.62 bits per heavy atom. The number of carbonyl (C=O) groups excluding carboxylic acids is 1. The predicted octanol–water partition coefficient (Wildman–Crippen LogP) is 4.72. The van der Waals surface area contributed by atoms with Gasteiger partial charge in [0.15, 0.2) is 5.78 Å². The number of hydrogen-bond acceptors (Lipinski definition) is 2. The first kappa shape index (κ1) is 13.5. The number of carbonyl (C=O) groups is 1. The maximum atomic E-state index is 12.1. The Morgan fingerprint density at radius 3 is 2.29 bits per heavy atom. The highest BCUT2D eigenvalue weighted by Gasteiger charge is 2.17. The number of nitrogens with zero attached hydrogens (tertiary/aromatic N) is 1. The molecular weight excluding hydrogens is 258 g/mol. The van der Waals surface area contributed by atoms with Gasteiger partial charge in [0.25, 0.3) is 0 Å². The van der Waals surface area contributed by atoms with Crippen molar-refractivity contribution in [2.75, 3.05) is 0 Å². The molecule has 0 aliphatic rings. The number of pyridine rings is 1. The second kappa shape index (κ2) is 5.13. The quantitative estimate of drug-likeness (QED) is 0.633. The molecule has 0 spiro atoms. The number of benzene rings is 2. The van der Waals surface area contributed by atoms with Crippen molar-refractivity contribution in [3.8, 4) is 11.1 Å². The van der Waals surface area contributed by atoms with Crippen molar-refractivity contribution >= 4 is 16.7 Å². The van der Waals surface area contributed by atoms with Crippen molar-refractivity contribution in [1.29, 1.82) is 0 Å². The molecular formula is C19H17NO. The Morgan fingerprint density at radius 1 is 0.952 bits per heavy atom. The number of aryl methyl sites for hydroxylation is 2. The van der Waals surface area contributed by atoms with E-state index >= 15 is 0 Å². The van der Waals surface area contributed by atoms with E-state index in [0.29, 0.717) is 0 Å². The number of hydrogen-bond donors (Lipinski definition) is 0. The van der Waals surface area contributed by atoms with E-state index in [0.717, 1.165) is 33.3 Å². The minimum Gasteiger partial charge on any atom is -0.294 e. The second-order valence-corrected chi connectivity index (χ2v) is 5.39. The van der Waals surface area contributed by atoms with Crippen LogP contribution in [-0.2, 0) is 0 Å². The maximum absolute atomic E-state index is 12.1. The van der Waals surface area contributed by atoms with Gasteiger partial charge in [0.1, 0.15) is 0 Å². The van der Waals surface area contributed by atoms with Crippen LogP contribution in [0.1, 0.15) is 28.5 Å². The fraction of sp³-hybridized carbons (Fsp3) is 0.158. The number of para-hydroxylation sites is 1. The summed E-state index contributed by atoms with van der Waals surface area (Å²) in [6, 6.07) is 16.3. The highest BCUT2D eigenvalue weighted by Crippen LogP contribution is 2.33. The molecule has 0 radical (unpaired) electrons. The Hall–Kier alpha value is -2.48. The van der Waals surface area contributed by atoms with Gasteiger partial charge in [-0.3, -0.25) is 9.78 Å². The van der Waals surface area contributed by atoms with Crippen molar-refractivity contribution in [3.05, 3.63) is 65.4 Å². The fourth-order valence-corrected chi connectivity index (χ4v) is 2.79. The van der Waals surface area contributed by atoms with Gasteiger partial charge in [0, 0.05) is 22.2 Å². The topological polar surface area (TPSA) is 30.0 Å². The molecule has 3 rings (SSSR count). The highest BCUT2D eigenvalue weighted by atomic mass is 16.1. The summed E-state index contributed by atoms with van der Waals surface area (Å²) < 4.78 is 0. The first-order chi connectivity index (χ1) is 10.1. The third kappa shape index (κ3) is 2.33. The van der Waals surface area contributed by atoms with E-state index in [9.17, 15) is 4.79 Å². The predicted molar refractivity (Wildman–Crippen MR) is 86.7 cm³/mol. The molecule has 0 aliphatic carbocycles. The smallest absolute Gasteiger partial charge is 0.162 e. The molecule has 1 aromatic heterocycles. The van der Waals surface area contributed by atoms with Crippen LogP contribution in [0, 0.1) is 13.8 Å². The van der Waals surface area contributed by atoms with Crippen molar-refractivity contribution < 1.29 is 4.79 Å². The van der Waals surface area contributed by atoms with Gasteiger partial charge in [-0.05, 0) is 32.4 Å². The molecule has 2 heteroatoms. The molecule has 2 nitrogen and oxygen atoms in total. The van der Waals surface area contributed by atoms with Crippen LogP contribution in [0.2, 0.25) is 0 Å². The van der Waals surface area contributed by atoms with Crippen LogP contribution in [-0.4, -0.2) is 10.8 Å². The summed E-state index contributed by atoms with van der Waals surface area (Å²) in [5.41, 5.74) is 5.70. The van der Waals surface area contributed by atoms with Gasteiger partial charge >= 0.3 is 0 Å². The van der Waals surface area contributed by atoms with E-state index in [1.165, 1.54) is 5.56 Å². The number of fused-ring (bicyclic) bond motifs is 1. The van der Waals surface area contributed by atoms with Crippen molar-refractivity contribution in [2.45, 2.75) is 20.8 Å². The minimum absolute atomic E-state index is 0.0568. The Kier molecular flexibility index (Phi) is 3.30. The number of ketones is 1. The van der Waals surface area contributed by atoms with Crippen LogP contribution >= 0.6 is 0 Å². The largest absolute Gasteiger partial charge is 0.294 e. The summed E-state index contributed by atoms with van der Waals surface area (Å²) in [5, 5.41) is 1.03. The lowest BCUT2D eigenvalue weighted by molar-refractivity contribution is 0.101. The average Bonchev–Trinajstić information content (AvgIpc) is 2.46. The standard InChI is InChI=1S/C19H17NO/c1-12-8-10-15(11-9-12)19-16-6-4-5-7-17(16)20-13(2)18(19)14(3)21/h4-11H,1-3H3. The van der Waals surface area contributed by atoms with Crippen LogP contribution < -0.4 is 0 Å². The lowest BCUT2D eigenvalue weighted by Crippen LogP contribution is -2.03. The molecule has 0 aliphatic heterocycles. The van der Waals surface area contributed by atoms with Crippen LogP contribution in [0.5, 0.6) is 0 Å². The third-order valence-electron chi connectivity index (χ3n) is 3.77. The summed E-state index contributed by atoms with van der Waals surface area (Å²) in [6.45, 7) is 5.57. The van der Waals surface area contributed by atoms with Gasteiger partial charge in [-0.15, -0.1) is 0 Å². The lowest BCUT2D eigenvalue weighted by Gasteiger charge is -2.14. The molecule has 0 unspecified atom stereocenters. The molecule has 0 amide bonds. The average molecular weight is 275 g/mol. The Bertz CT molecular complexity index is 832. The molecule has 1 heterocycles. The highest BCUT2D eigenvalue weighted by molar-refractivity contribution is 6.09. The maximum Gasteiger partial charge on any atom is 0.162 e. The number of aromatic nitrogens is 1. The van der Waals surface area contributed by atoms with Gasteiger partial charge in [-0.2, -0.15) is 0 Å². The van der Waals surface area contributed by atoms with Crippen LogP contribution in [0.3, 0.4) is 0 Å². The molecule has 0 saturated heterocycles. The third-order valence-corrected chi connectivity index (χ3v) is 3.77. The number of Topliss-reactive ketones (excluding diaryl/α,β-unsaturated/α-hetero) is 1. The summed E-state index contributed by atoms with van der Waals surface area (Å²) in [6.07, 6.45) is 0. The van der Waals surface area contributed by atoms with Crippen LogP contribution in [0.15, 0.2) is 48.5 Å². The summed E-state index contributed by atoms with van der Waals surface area (Å²) in [5.74, 6) is 0.0568. The molecule has 0 fully saturated rings. The summed E-state index contributed by atoms with van der Waals surface area (Å²) in [4.78, 5) is 16.7. The van der Waals surface area contributed by atoms with Crippen molar-refractivity contribution in [3.63, 3.8) is 0 Å². The molecule has 0 bridgehead atoms. The summed E-state index contributed by atoms with van der Waals surface area (Å²) >= 11 is 0. The second-order valence-electron chi connectivity index (χ2n) is 5.39. The fourth-order valence-electron chi connectivity index (χ4n) is 2.79. The van der Waals surface area contributed by atoms with Gasteiger partial charge in [-0.1, -0.05) is 48.0 Å². The Balaban J connectivity index is 2.44. The zero-order chi connectivity index (χ0) is 15.0. The minimum atomic E-state index is 0.0568. The van der Waals surface area contributed by atoms with E-state index in [1.807, 2.05) is 31.2 Å². The molecule has 0 N–H and O–H groups in total. The first-order valence-electron chi connectivity index (χ1n) is 7.05. The molecule has 104 valence electrons. The van der Waals surface area contributed by atoms with Gasteiger partial charge < -0.3 is 0 Å². The summed E-state index contributed by atoms with van der Waals surface area (Å²) in [7, 11) is 0. The van der Waals surface area contributed by atoms with Crippen LogP contribution in [0.25, 0.3) is 22.0 Å². The normalized spacial score (nSPS) is 10.8.